The Kier molecular flexibility index (Phi) is 4.99. The van der Waals surface area contributed by atoms with Gasteiger partial charge in [0, 0.05) is 17.1 Å². The zero-order chi connectivity index (χ0) is 19.9. The van der Waals surface area contributed by atoms with E-state index in [9.17, 15) is 8.42 Å². The minimum absolute atomic E-state index is 0.252. The maximum absolute atomic E-state index is 13.3. The van der Waals surface area contributed by atoms with Crippen molar-refractivity contribution < 1.29 is 12.9 Å². The van der Waals surface area contributed by atoms with Crippen molar-refractivity contribution in [2.45, 2.75) is 37.6 Å². The molecule has 2 heterocycles. The molecule has 0 saturated carbocycles. The molecule has 0 unspecified atom stereocenters. The van der Waals surface area contributed by atoms with Gasteiger partial charge in [0.15, 0.2) is 0 Å². The first-order valence-electron chi connectivity index (χ1n) is 9.05. The normalized spacial score (nSPS) is 17.9. The van der Waals surface area contributed by atoms with Crippen molar-refractivity contribution in [3.05, 3.63) is 64.5 Å². The van der Waals surface area contributed by atoms with Crippen LogP contribution in [0.25, 0.3) is 11.4 Å². The number of nitrogens with zero attached hydrogens (tertiary/aromatic N) is 3. The van der Waals surface area contributed by atoms with Crippen molar-refractivity contribution in [3.63, 3.8) is 0 Å². The molecule has 3 aromatic rings. The van der Waals surface area contributed by atoms with Gasteiger partial charge in [-0.1, -0.05) is 46.6 Å². The van der Waals surface area contributed by atoms with Crippen LogP contribution in [-0.4, -0.2) is 29.4 Å². The van der Waals surface area contributed by atoms with Crippen LogP contribution >= 0.6 is 11.6 Å². The van der Waals surface area contributed by atoms with Gasteiger partial charge in [-0.3, -0.25) is 0 Å². The standard InChI is InChI=1S/C20H20ClN3O3S/c1-13-5-7-15(8-6-13)19-22-20(27-23-19)17-4-3-11-24(17)28(25,26)18-10-9-16(21)12-14(18)2/h5-10,12,17H,3-4,11H2,1-2H3/t17-/m1/s1. The van der Waals surface area contributed by atoms with Crippen molar-refractivity contribution in [2.75, 3.05) is 6.54 Å². The van der Waals surface area contributed by atoms with Crippen LogP contribution < -0.4 is 0 Å². The second kappa shape index (κ2) is 7.31. The number of aryl methyl sites for hydroxylation is 2. The van der Waals surface area contributed by atoms with Crippen molar-refractivity contribution >= 4 is 21.6 Å². The third kappa shape index (κ3) is 3.45. The van der Waals surface area contributed by atoms with Gasteiger partial charge < -0.3 is 4.52 Å². The molecule has 1 fully saturated rings. The fraction of sp³-hybridized carbons (Fsp3) is 0.300. The summed E-state index contributed by atoms with van der Waals surface area (Å²) in [5.41, 5.74) is 2.59. The number of sulfonamides is 1. The highest BCUT2D eigenvalue weighted by Crippen LogP contribution is 2.37. The van der Waals surface area contributed by atoms with Gasteiger partial charge in [0.25, 0.3) is 0 Å². The van der Waals surface area contributed by atoms with Crippen LogP contribution in [0, 0.1) is 13.8 Å². The third-order valence-corrected chi connectivity index (χ3v) is 7.27. The lowest BCUT2D eigenvalue weighted by atomic mass is 10.1. The average Bonchev–Trinajstić information content (AvgIpc) is 3.31. The van der Waals surface area contributed by atoms with E-state index in [1.165, 1.54) is 4.31 Å². The first kappa shape index (κ1) is 19.1. The molecule has 1 aliphatic heterocycles. The summed E-state index contributed by atoms with van der Waals surface area (Å²) in [5.74, 6) is 0.783. The second-order valence-corrected chi connectivity index (χ2v) is 9.30. The molecule has 146 valence electrons. The molecule has 8 heteroatoms. The Bertz CT molecular complexity index is 1110. The lowest BCUT2D eigenvalue weighted by Crippen LogP contribution is -2.31. The maximum atomic E-state index is 13.3. The predicted octanol–water partition coefficient (Wildman–Crippen LogP) is 4.53. The number of aromatic nitrogens is 2. The van der Waals surface area contributed by atoms with E-state index < -0.39 is 16.1 Å². The Labute approximate surface area is 169 Å². The molecule has 1 aliphatic rings. The Morgan fingerprint density at radius 3 is 2.61 bits per heavy atom. The van der Waals surface area contributed by atoms with E-state index >= 15 is 0 Å². The molecule has 1 aromatic heterocycles. The van der Waals surface area contributed by atoms with E-state index in [-0.39, 0.29) is 4.90 Å². The Hall–Kier alpha value is -2.22. The summed E-state index contributed by atoms with van der Waals surface area (Å²) in [6.07, 6.45) is 1.38. The van der Waals surface area contributed by atoms with Gasteiger partial charge in [-0.25, -0.2) is 8.42 Å². The molecule has 0 bridgehead atoms. The molecule has 1 saturated heterocycles. The van der Waals surface area contributed by atoms with Gasteiger partial charge in [0.05, 0.1) is 4.90 Å². The quantitative estimate of drug-likeness (QED) is 0.623. The lowest BCUT2D eigenvalue weighted by Gasteiger charge is -2.22. The summed E-state index contributed by atoms with van der Waals surface area (Å²) >= 11 is 5.98. The zero-order valence-electron chi connectivity index (χ0n) is 15.6. The van der Waals surface area contributed by atoms with Crippen LogP contribution in [0.2, 0.25) is 5.02 Å². The highest BCUT2D eigenvalue weighted by Gasteiger charge is 2.40. The van der Waals surface area contributed by atoms with Crippen LogP contribution in [0.15, 0.2) is 51.9 Å². The maximum Gasteiger partial charge on any atom is 0.245 e. The molecule has 28 heavy (non-hydrogen) atoms. The summed E-state index contributed by atoms with van der Waals surface area (Å²) in [6.45, 7) is 4.16. The summed E-state index contributed by atoms with van der Waals surface area (Å²) in [4.78, 5) is 4.73. The summed E-state index contributed by atoms with van der Waals surface area (Å²) < 4.78 is 33.4. The minimum Gasteiger partial charge on any atom is -0.337 e. The Morgan fingerprint density at radius 1 is 1.14 bits per heavy atom. The molecule has 0 spiro atoms. The summed E-state index contributed by atoms with van der Waals surface area (Å²) in [5, 5.41) is 4.56. The fourth-order valence-corrected chi connectivity index (χ4v) is 5.58. The molecule has 1 atom stereocenters. The molecule has 2 aromatic carbocycles. The first-order valence-corrected chi connectivity index (χ1v) is 10.9. The highest BCUT2D eigenvalue weighted by molar-refractivity contribution is 7.89. The molecular weight excluding hydrogens is 398 g/mol. The second-order valence-electron chi connectivity index (χ2n) is 7.01. The van der Waals surface area contributed by atoms with Crippen LogP contribution in [0.5, 0.6) is 0 Å². The van der Waals surface area contributed by atoms with Crippen LogP contribution in [0.4, 0.5) is 0 Å². The van der Waals surface area contributed by atoms with Gasteiger partial charge in [-0.15, -0.1) is 0 Å². The van der Waals surface area contributed by atoms with Crippen molar-refractivity contribution in [1.82, 2.24) is 14.4 Å². The van der Waals surface area contributed by atoms with Crippen molar-refractivity contribution in [1.29, 1.82) is 0 Å². The molecule has 6 nitrogen and oxygen atoms in total. The monoisotopic (exact) mass is 417 g/mol. The average molecular weight is 418 g/mol. The molecule has 0 N–H and O–H groups in total. The number of hydrogen-bond acceptors (Lipinski definition) is 5. The number of rotatable bonds is 4. The molecule has 4 rings (SSSR count). The molecule has 0 radical (unpaired) electrons. The molecular formula is C20H20ClN3O3S. The van der Waals surface area contributed by atoms with Gasteiger partial charge >= 0.3 is 0 Å². The summed E-state index contributed by atoms with van der Waals surface area (Å²) in [7, 11) is -3.70. The van der Waals surface area contributed by atoms with Gasteiger partial charge in [-0.2, -0.15) is 9.29 Å². The van der Waals surface area contributed by atoms with E-state index in [0.29, 0.717) is 35.3 Å². The van der Waals surface area contributed by atoms with Crippen LogP contribution in [0.1, 0.15) is 35.9 Å². The smallest absolute Gasteiger partial charge is 0.245 e. The topological polar surface area (TPSA) is 76.3 Å². The van der Waals surface area contributed by atoms with Gasteiger partial charge in [0.1, 0.15) is 6.04 Å². The lowest BCUT2D eigenvalue weighted by molar-refractivity contribution is 0.290. The van der Waals surface area contributed by atoms with E-state index in [2.05, 4.69) is 10.1 Å². The van der Waals surface area contributed by atoms with Crippen molar-refractivity contribution in [3.8, 4) is 11.4 Å². The number of benzene rings is 2. The van der Waals surface area contributed by atoms with E-state index in [0.717, 1.165) is 17.5 Å². The molecule has 0 aliphatic carbocycles. The number of halogens is 1. The van der Waals surface area contributed by atoms with E-state index in [1.807, 2.05) is 31.2 Å². The van der Waals surface area contributed by atoms with Gasteiger partial charge in [-0.05, 0) is 50.5 Å². The van der Waals surface area contributed by atoms with E-state index in [4.69, 9.17) is 16.1 Å². The van der Waals surface area contributed by atoms with Crippen LogP contribution in [-0.2, 0) is 10.0 Å². The largest absolute Gasteiger partial charge is 0.337 e. The first-order chi connectivity index (χ1) is 13.4. The highest BCUT2D eigenvalue weighted by atomic mass is 35.5. The zero-order valence-corrected chi connectivity index (χ0v) is 17.2. The van der Waals surface area contributed by atoms with Crippen LogP contribution in [0.3, 0.4) is 0 Å². The SMILES string of the molecule is Cc1ccc(-c2noc([C@H]3CCCN3S(=O)(=O)c3ccc(Cl)cc3C)n2)cc1. The Balaban J connectivity index is 1.66. The molecule has 0 amide bonds. The fourth-order valence-electron chi connectivity index (χ4n) is 3.49. The summed E-state index contributed by atoms with van der Waals surface area (Å²) in [6, 6.07) is 12.1. The predicted molar refractivity (Wildman–Crippen MR) is 107 cm³/mol. The minimum atomic E-state index is -3.70. The third-order valence-electron chi connectivity index (χ3n) is 4.96. The van der Waals surface area contributed by atoms with Crippen molar-refractivity contribution in [2.24, 2.45) is 0 Å². The van der Waals surface area contributed by atoms with Gasteiger partial charge in [0.2, 0.25) is 21.7 Å². The Morgan fingerprint density at radius 2 is 1.89 bits per heavy atom. The van der Waals surface area contributed by atoms with E-state index in [1.54, 1.807) is 25.1 Å². The number of hydrogen-bond donors (Lipinski definition) is 0.